The number of nitrogens with zero attached hydrogens (tertiary/aromatic N) is 3. The van der Waals surface area contributed by atoms with Crippen LogP contribution >= 0.6 is 23.1 Å². The van der Waals surface area contributed by atoms with Gasteiger partial charge in [-0.2, -0.15) is 13.2 Å². The van der Waals surface area contributed by atoms with Crippen molar-refractivity contribution in [3.8, 4) is 0 Å². The van der Waals surface area contributed by atoms with Crippen LogP contribution in [-0.2, 0) is 4.79 Å². The number of hydrogen-bond acceptors (Lipinski definition) is 6. The first-order valence-corrected chi connectivity index (χ1v) is 6.35. The van der Waals surface area contributed by atoms with Crippen LogP contribution in [-0.4, -0.2) is 46.8 Å². The Morgan fingerprint density at radius 1 is 1.50 bits per heavy atom. The highest BCUT2D eigenvalue weighted by molar-refractivity contribution is 8.01. The van der Waals surface area contributed by atoms with Gasteiger partial charge in [-0.05, 0) is 0 Å². The Morgan fingerprint density at radius 3 is 2.50 bits per heavy atom. The molecular formula is C8H10F3N3O2S2. The van der Waals surface area contributed by atoms with E-state index in [1.807, 2.05) is 0 Å². The largest absolute Gasteiger partial charge is 0.481 e. The monoisotopic (exact) mass is 301 g/mol. The van der Waals surface area contributed by atoms with E-state index in [2.05, 4.69) is 10.2 Å². The lowest BCUT2D eigenvalue weighted by Gasteiger charge is -2.16. The normalized spacial score (nSPS) is 13.4. The Balaban J connectivity index is 2.79. The topological polar surface area (TPSA) is 66.3 Å². The van der Waals surface area contributed by atoms with Crippen LogP contribution in [0.1, 0.15) is 6.42 Å². The van der Waals surface area contributed by atoms with Crippen LogP contribution in [0.25, 0.3) is 0 Å². The highest BCUT2D eigenvalue weighted by Crippen LogP contribution is 2.39. The maximum absolute atomic E-state index is 12.6. The SMILES string of the molecule is CN(C)c1nnc(SC(CC(=O)O)C(F)(F)F)s1. The van der Waals surface area contributed by atoms with Crippen molar-refractivity contribution in [2.24, 2.45) is 0 Å². The van der Waals surface area contributed by atoms with Crippen LogP contribution in [0, 0.1) is 0 Å². The lowest BCUT2D eigenvalue weighted by atomic mass is 10.3. The van der Waals surface area contributed by atoms with Crippen LogP contribution in [0.4, 0.5) is 18.3 Å². The minimum Gasteiger partial charge on any atom is -0.481 e. The molecule has 18 heavy (non-hydrogen) atoms. The third-order valence-corrected chi connectivity index (χ3v) is 4.17. The van der Waals surface area contributed by atoms with E-state index in [9.17, 15) is 18.0 Å². The van der Waals surface area contributed by atoms with Crippen molar-refractivity contribution in [2.75, 3.05) is 19.0 Å². The minimum atomic E-state index is -4.59. The van der Waals surface area contributed by atoms with E-state index < -0.39 is 23.8 Å². The molecule has 102 valence electrons. The fourth-order valence-electron chi connectivity index (χ4n) is 0.935. The molecule has 0 fully saturated rings. The fraction of sp³-hybridized carbons (Fsp3) is 0.625. The first kappa shape index (κ1) is 15.0. The maximum atomic E-state index is 12.6. The Kier molecular flexibility index (Phi) is 4.79. The average molecular weight is 301 g/mol. The molecule has 1 aromatic heterocycles. The van der Waals surface area contributed by atoms with Crippen LogP contribution < -0.4 is 4.90 Å². The molecule has 0 aliphatic rings. The number of halogens is 3. The second-order valence-corrected chi connectivity index (χ2v) is 5.90. The number of carbonyl (C=O) groups is 1. The molecule has 0 bridgehead atoms. The molecule has 1 rings (SSSR count). The van der Waals surface area contributed by atoms with Gasteiger partial charge in [-0.25, -0.2) is 0 Å². The lowest BCUT2D eigenvalue weighted by molar-refractivity contribution is -0.149. The number of rotatable bonds is 5. The zero-order valence-electron chi connectivity index (χ0n) is 9.43. The van der Waals surface area contributed by atoms with E-state index in [0.29, 0.717) is 16.9 Å². The van der Waals surface area contributed by atoms with E-state index in [0.717, 1.165) is 11.3 Å². The molecule has 1 heterocycles. The molecule has 0 aromatic carbocycles. The summed E-state index contributed by atoms with van der Waals surface area (Å²) in [6.45, 7) is 0. The number of anilines is 1. The zero-order chi connectivity index (χ0) is 13.9. The van der Waals surface area contributed by atoms with Gasteiger partial charge in [0, 0.05) is 14.1 Å². The van der Waals surface area contributed by atoms with Crippen LogP contribution in [0.5, 0.6) is 0 Å². The summed E-state index contributed by atoms with van der Waals surface area (Å²) in [5.41, 5.74) is 0. The van der Waals surface area contributed by atoms with Gasteiger partial charge in [-0.3, -0.25) is 4.79 Å². The molecule has 0 aliphatic heterocycles. The smallest absolute Gasteiger partial charge is 0.401 e. The summed E-state index contributed by atoms with van der Waals surface area (Å²) in [6, 6.07) is 0. The molecular weight excluding hydrogens is 291 g/mol. The third-order valence-electron chi connectivity index (χ3n) is 1.75. The number of aliphatic carboxylic acids is 1. The molecule has 5 nitrogen and oxygen atoms in total. The Bertz CT molecular complexity index is 422. The number of hydrogen-bond donors (Lipinski definition) is 1. The van der Waals surface area contributed by atoms with Crippen molar-refractivity contribution in [2.45, 2.75) is 22.2 Å². The number of alkyl halides is 3. The van der Waals surface area contributed by atoms with Crippen LogP contribution in [0.3, 0.4) is 0 Å². The lowest BCUT2D eigenvalue weighted by Crippen LogP contribution is -2.28. The Hall–Kier alpha value is -1.03. The van der Waals surface area contributed by atoms with Gasteiger partial charge < -0.3 is 10.0 Å². The highest BCUT2D eigenvalue weighted by Gasteiger charge is 2.42. The summed E-state index contributed by atoms with van der Waals surface area (Å²) in [4.78, 5) is 12.0. The molecule has 0 aliphatic carbocycles. The second-order valence-electron chi connectivity index (χ2n) is 3.49. The summed E-state index contributed by atoms with van der Waals surface area (Å²) >= 11 is 1.36. The molecule has 0 saturated carbocycles. The van der Waals surface area contributed by atoms with Gasteiger partial charge in [0.25, 0.3) is 0 Å². The standard InChI is InChI=1S/C8H10F3N3O2S2/c1-14(2)6-12-13-7(18-6)17-4(3-5(15)16)8(9,10)11/h4H,3H2,1-2H3,(H,15,16). The molecule has 1 N–H and O–H groups in total. The van der Waals surface area contributed by atoms with E-state index >= 15 is 0 Å². The number of carboxylic acids is 1. The minimum absolute atomic E-state index is 0.0993. The number of thioether (sulfide) groups is 1. The van der Waals surface area contributed by atoms with Crippen molar-refractivity contribution in [3.05, 3.63) is 0 Å². The van der Waals surface area contributed by atoms with Gasteiger partial charge in [0.15, 0.2) is 4.34 Å². The molecule has 1 aromatic rings. The molecule has 0 radical (unpaired) electrons. The number of carboxylic acid groups (broad SMARTS) is 1. The fourth-order valence-corrected chi connectivity index (χ4v) is 2.89. The Labute approximate surface area is 109 Å². The summed E-state index contributed by atoms with van der Waals surface area (Å²) < 4.78 is 37.9. The summed E-state index contributed by atoms with van der Waals surface area (Å²) in [6.07, 6.45) is -5.59. The first-order valence-electron chi connectivity index (χ1n) is 4.66. The van der Waals surface area contributed by atoms with Crippen molar-refractivity contribution >= 4 is 34.2 Å². The van der Waals surface area contributed by atoms with Crippen molar-refractivity contribution < 1.29 is 23.1 Å². The predicted octanol–water partition coefficient (Wildman–Crippen LogP) is 2.10. The maximum Gasteiger partial charge on any atom is 0.401 e. The van der Waals surface area contributed by atoms with E-state index in [4.69, 9.17) is 5.11 Å². The summed E-state index contributed by atoms with van der Waals surface area (Å²) in [5, 5.41) is 14.2. The van der Waals surface area contributed by atoms with Gasteiger partial charge in [0.2, 0.25) is 5.13 Å². The zero-order valence-corrected chi connectivity index (χ0v) is 11.1. The molecule has 1 unspecified atom stereocenters. The summed E-state index contributed by atoms with van der Waals surface area (Å²) in [7, 11) is 3.38. The van der Waals surface area contributed by atoms with Gasteiger partial charge >= 0.3 is 12.1 Å². The van der Waals surface area contributed by atoms with Gasteiger partial charge in [0.05, 0.1) is 6.42 Å². The van der Waals surface area contributed by atoms with Gasteiger partial charge in [-0.15, -0.1) is 10.2 Å². The van der Waals surface area contributed by atoms with E-state index in [-0.39, 0.29) is 4.34 Å². The Morgan fingerprint density at radius 2 is 2.11 bits per heavy atom. The van der Waals surface area contributed by atoms with Crippen LogP contribution in [0.2, 0.25) is 0 Å². The number of aromatic nitrogens is 2. The van der Waals surface area contributed by atoms with Gasteiger partial charge in [0.1, 0.15) is 5.25 Å². The molecule has 0 saturated heterocycles. The molecule has 0 amide bonds. The van der Waals surface area contributed by atoms with Gasteiger partial charge in [-0.1, -0.05) is 23.1 Å². The van der Waals surface area contributed by atoms with E-state index in [1.54, 1.807) is 19.0 Å². The van der Waals surface area contributed by atoms with Crippen molar-refractivity contribution in [1.29, 1.82) is 0 Å². The van der Waals surface area contributed by atoms with Crippen LogP contribution in [0.15, 0.2) is 4.34 Å². The first-order chi connectivity index (χ1) is 8.20. The summed E-state index contributed by atoms with van der Waals surface area (Å²) in [5.74, 6) is -1.50. The average Bonchev–Trinajstić information content (AvgIpc) is 2.63. The van der Waals surface area contributed by atoms with Crippen molar-refractivity contribution in [1.82, 2.24) is 10.2 Å². The molecule has 10 heteroatoms. The molecule has 1 atom stereocenters. The third kappa shape index (κ3) is 4.33. The second kappa shape index (κ2) is 5.74. The highest BCUT2D eigenvalue weighted by atomic mass is 32.2. The van der Waals surface area contributed by atoms with E-state index in [1.165, 1.54) is 0 Å². The van der Waals surface area contributed by atoms with Crippen molar-refractivity contribution in [3.63, 3.8) is 0 Å². The molecule has 0 spiro atoms. The predicted molar refractivity (Wildman–Crippen MR) is 62.2 cm³/mol. The quantitative estimate of drug-likeness (QED) is 0.840.